The molecule has 0 aromatic rings. The third-order valence-electron chi connectivity index (χ3n) is 5.77. The van der Waals surface area contributed by atoms with Crippen molar-refractivity contribution in [3.8, 4) is 0 Å². The minimum Gasteiger partial charge on any atom is -0.355 e. The number of hydrogen-bond donors (Lipinski definition) is 1. The number of carbonyl (C=O) groups excluding carboxylic acids is 1. The van der Waals surface area contributed by atoms with Gasteiger partial charge in [0.15, 0.2) is 0 Å². The summed E-state index contributed by atoms with van der Waals surface area (Å²) in [4.78, 5) is 11.5. The monoisotopic (exact) mass is 203 g/mol. The zero-order valence-electron chi connectivity index (χ0n) is 8.96. The Morgan fingerprint density at radius 3 is 2.93 bits per heavy atom. The molecule has 0 aromatic heterocycles. The van der Waals surface area contributed by atoms with E-state index in [1.54, 1.807) is 0 Å². The minimum absolute atomic E-state index is 0.286. The number of hydrogen-bond acceptors (Lipinski definition) is 1. The first-order valence-corrected chi connectivity index (χ1v) is 6.17. The quantitative estimate of drug-likeness (QED) is 0.597. The highest BCUT2D eigenvalue weighted by Crippen LogP contribution is 2.73. The first kappa shape index (κ1) is 8.37. The highest BCUT2D eigenvalue weighted by atomic mass is 16.1. The molecule has 1 aliphatic heterocycles. The fourth-order valence-electron chi connectivity index (χ4n) is 5.26. The van der Waals surface area contributed by atoms with Crippen LogP contribution < -0.4 is 5.32 Å². The lowest BCUT2D eigenvalue weighted by Gasteiger charge is -2.55. The van der Waals surface area contributed by atoms with Crippen LogP contribution in [0.5, 0.6) is 0 Å². The lowest BCUT2D eigenvalue weighted by atomic mass is 9.48. The first-order chi connectivity index (χ1) is 7.22. The molecule has 4 aliphatic rings. The van der Waals surface area contributed by atoms with Gasteiger partial charge in [0.2, 0.25) is 5.91 Å². The van der Waals surface area contributed by atoms with Gasteiger partial charge < -0.3 is 5.32 Å². The average Bonchev–Trinajstić information content (AvgIpc) is 2.80. The molecule has 4 rings (SSSR count). The van der Waals surface area contributed by atoms with Gasteiger partial charge in [-0.25, -0.2) is 0 Å². The average molecular weight is 203 g/mol. The molecule has 1 amide bonds. The van der Waals surface area contributed by atoms with Gasteiger partial charge >= 0.3 is 0 Å². The van der Waals surface area contributed by atoms with Crippen LogP contribution in [-0.2, 0) is 4.79 Å². The van der Waals surface area contributed by atoms with Crippen LogP contribution in [0.2, 0.25) is 0 Å². The lowest BCUT2D eigenvalue weighted by Crippen LogP contribution is -2.54. The fraction of sp³-hybridized carbons (Fsp3) is 0.769. The van der Waals surface area contributed by atoms with Crippen molar-refractivity contribution in [2.75, 3.05) is 6.54 Å². The van der Waals surface area contributed by atoms with E-state index in [1.807, 2.05) is 0 Å². The summed E-state index contributed by atoms with van der Waals surface area (Å²) in [6.07, 6.45) is 4.71. The summed E-state index contributed by atoms with van der Waals surface area (Å²) >= 11 is 0. The summed E-state index contributed by atoms with van der Waals surface area (Å²) in [5.41, 5.74) is 1.85. The number of carbonyl (C=O) groups is 1. The molecule has 15 heavy (non-hydrogen) atoms. The number of allylic oxidation sites excluding steroid dienone is 1. The Labute approximate surface area is 90.1 Å². The van der Waals surface area contributed by atoms with Crippen molar-refractivity contribution in [3.63, 3.8) is 0 Å². The Bertz CT molecular complexity index is 375. The van der Waals surface area contributed by atoms with Gasteiger partial charge in [-0.2, -0.15) is 0 Å². The maximum Gasteiger partial charge on any atom is 0.220 e. The molecule has 0 radical (unpaired) electrons. The maximum absolute atomic E-state index is 11.5. The fourth-order valence-corrected chi connectivity index (χ4v) is 5.26. The smallest absolute Gasteiger partial charge is 0.220 e. The Balaban J connectivity index is 1.75. The van der Waals surface area contributed by atoms with Crippen LogP contribution in [0.1, 0.15) is 25.7 Å². The van der Waals surface area contributed by atoms with Gasteiger partial charge in [0.1, 0.15) is 0 Å². The normalized spacial score (nSPS) is 55.7. The zero-order valence-corrected chi connectivity index (χ0v) is 8.96. The lowest BCUT2D eigenvalue weighted by molar-refractivity contribution is -0.124. The van der Waals surface area contributed by atoms with Gasteiger partial charge in [0.25, 0.3) is 0 Å². The Hall–Kier alpha value is -0.790. The SMILES string of the molecule is C=C1CC2[C@@H]3C1CC[C@@H]3[C@@]21CNC(=O)C1. The van der Waals surface area contributed by atoms with E-state index in [4.69, 9.17) is 0 Å². The molecule has 3 saturated carbocycles. The zero-order chi connectivity index (χ0) is 10.2. The molecule has 4 fully saturated rings. The largest absolute Gasteiger partial charge is 0.355 e. The number of nitrogens with one attached hydrogen (secondary N) is 1. The van der Waals surface area contributed by atoms with Crippen molar-refractivity contribution in [3.05, 3.63) is 12.2 Å². The van der Waals surface area contributed by atoms with Crippen LogP contribution in [0.3, 0.4) is 0 Å². The summed E-state index contributed by atoms with van der Waals surface area (Å²) in [6.45, 7) is 5.20. The molecule has 1 saturated heterocycles. The van der Waals surface area contributed by atoms with E-state index in [1.165, 1.54) is 24.8 Å². The molecular weight excluding hydrogens is 186 g/mol. The highest BCUT2D eigenvalue weighted by molar-refractivity contribution is 5.79. The Kier molecular flexibility index (Phi) is 1.29. The van der Waals surface area contributed by atoms with Gasteiger partial charge in [-0.1, -0.05) is 12.2 Å². The summed E-state index contributed by atoms with van der Waals surface area (Å²) in [6, 6.07) is 0. The van der Waals surface area contributed by atoms with Crippen molar-refractivity contribution in [2.24, 2.45) is 29.1 Å². The van der Waals surface area contributed by atoms with E-state index in [2.05, 4.69) is 11.9 Å². The topological polar surface area (TPSA) is 29.1 Å². The van der Waals surface area contributed by atoms with Crippen LogP contribution >= 0.6 is 0 Å². The van der Waals surface area contributed by atoms with Crippen LogP contribution in [0.25, 0.3) is 0 Å². The second kappa shape index (κ2) is 2.31. The van der Waals surface area contributed by atoms with Gasteiger partial charge in [-0.05, 0) is 42.9 Å². The molecule has 3 aliphatic carbocycles. The molecule has 1 heterocycles. The van der Waals surface area contributed by atoms with E-state index in [0.717, 1.165) is 36.6 Å². The molecule has 0 aromatic carbocycles. The standard InChI is InChI=1S/C13H17NO/c1-7-4-10-12-8(7)2-3-9(12)13(10)5-11(15)14-6-13/h8-10,12H,1-6H2,(H,14,15)/t8?,9-,10?,12+,13+/m0/s1. The molecule has 1 spiro atoms. The molecule has 0 bridgehead atoms. The van der Waals surface area contributed by atoms with E-state index < -0.39 is 0 Å². The summed E-state index contributed by atoms with van der Waals surface area (Å²) < 4.78 is 0. The molecular formula is C13H17NO. The van der Waals surface area contributed by atoms with Gasteiger partial charge in [-0.3, -0.25) is 4.79 Å². The summed E-state index contributed by atoms with van der Waals surface area (Å²) in [5, 5.41) is 3.05. The van der Waals surface area contributed by atoms with E-state index in [0.29, 0.717) is 5.41 Å². The van der Waals surface area contributed by atoms with Crippen molar-refractivity contribution >= 4 is 5.91 Å². The van der Waals surface area contributed by atoms with Gasteiger partial charge in [-0.15, -0.1) is 0 Å². The number of fused-ring (bicyclic) bond motifs is 2. The second-order valence-corrected chi connectivity index (χ2v) is 6.02. The minimum atomic E-state index is 0.286. The number of amides is 1. The maximum atomic E-state index is 11.5. The third-order valence-corrected chi connectivity index (χ3v) is 5.77. The van der Waals surface area contributed by atoms with Crippen molar-refractivity contribution < 1.29 is 4.79 Å². The van der Waals surface area contributed by atoms with Crippen molar-refractivity contribution in [1.82, 2.24) is 5.32 Å². The predicted molar refractivity (Wildman–Crippen MR) is 57.0 cm³/mol. The molecule has 80 valence electrons. The van der Waals surface area contributed by atoms with Gasteiger partial charge in [0.05, 0.1) is 0 Å². The predicted octanol–water partition coefficient (Wildman–Crippen LogP) is 1.72. The summed E-state index contributed by atoms with van der Waals surface area (Å²) in [5.74, 6) is 3.65. The number of rotatable bonds is 0. The first-order valence-electron chi connectivity index (χ1n) is 6.17. The van der Waals surface area contributed by atoms with Crippen molar-refractivity contribution in [2.45, 2.75) is 25.7 Å². The van der Waals surface area contributed by atoms with Crippen LogP contribution in [0.4, 0.5) is 0 Å². The third kappa shape index (κ3) is 0.745. The molecule has 5 atom stereocenters. The van der Waals surface area contributed by atoms with Crippen molar-refractivity contribution in [1.29, 1.82) is 0 Å². The Morgan fingerprint density at radius 2 is 2.20 bits per heavy atom. The summed E-state index contributed by atoms with van der Waals surface area (Å²) in [7, 11) is 0. The molecule has 2 heteroatoms. The van der Waals surface area contributed by atoms with Gasteiger partial charge in [0, 0.05) is 18.4 Å². The molecule has 2 nitrogen and oxygen atoms in total. The van der Waals surface area contributed by atoms with E-state index in [-0.39, 0.29) is 5.91 Å². The Morgan fingerprint density at radius 1 is 1.33 bits per heavy atom. The molecule has 2 unspecified atom stereocenters. The highest BCUT2D eigenvalue weighted by Gasteiger charge is 2.70. The van der Waals surface area contributed by atoms with Crippen LogP contribution in [0, 0.1) is 29.1 Å². The van der Waals surface area contributed by atoms with Crippen LogP contribution in [-0.4, -0.2) is 12.5 Å². The molecule has 1 N–H and O–H groups in total. The van der Waals surface area contributed by atoms with E-state index >= 15 is 0 Å². The second-order valence-electron chi connectivity index (χ2n) is 6.02. The van der Waals surface area contributed by atoms with Crippen LogP contribution in [0.15, 0.2) is 12.2 Å². The van der Waals surface area contributed by atoms with E-state index in [9.17, 15) is 4.79 Å².